The quantitative estimate of drug-likeness (QED) is 0.842. The lowest BCUT2D eigenvalue weighted by molar-refractivity contribution is 0.204. The van der Waals surface area contributed by atoms with E-state index in [0.717, 1.165) is 23.5 Å². The summed E-state index contributed by atoms with van der Waals surface area (Å²) in [7, 11) is 3.32. The van der Waals surface area contributed by atoms with Crippen molar-refractivity contribution in [3.05, 3.63) is 52.6 Å². The number of rotatable bonds is 4. The Morgan fingerprint density at radius 1 is 1.19 bits per heavy atom. The van der Waals surface area contributed by atoms with Crippen molar-refractivity contribution in [1.29, 1.82) is 0 Å². The van der Waals surface area contributed by atoms with Crippen LogP contribution in [-0.4, -0.2) is 46.3 Å². The average Bonchev–Trinajstić information content (AvgIpc) is 2.99. The Hall–Kier alpha value is -2.55. The summed E-state index contributed by atoms with van der Waals surface area (Å²) in [6.45, 7) is 2.47. The molecule has 1 N–H and O–H groups in total. The summed E-state index contributed by atoms with van der Waals surface area (Å²) in [6, 6.07) is 3.74. The van der Waals surface area contributed by atoms with Crippen LogP contribution in [0.1, 0.15) is 17.0 Å². The molecule has 0 saturated carbocycles. The van der Waals surface area contributed by atoms with E-state index >= 15 is 0 Å². The summed E-state index contributed by atoms with van der Waals surface area (Å²) in [5.41, 5.74) is 2.08. The lowest BCUT2D eigenvalue weighted by Gasteiger charge is -2.27. The zero-order valence-corrected chi connectivity index (χ0v) is 14.6. The summed E-state index contributed by atoms with van der Waals surface area (Å²) < 4.78 is 41.6. The van der Waals surface area contributed by atoms with Gasteiger partial charge in [0, 0.05) is 33.7 Å². The van der Waals surface area contributed by atoms with Crippen molar-refractivity contribution in [2.45, 2.75) is 26.2 Å². The smallest absolute Gasteiger partial charge is 0.317 e. The third-order valence-electron chi connectivity index (χ3n) is 4.20. The lowest BCUT2D eigenvalue weighted by atomic mass is 10.1. The van der Waals surface area contributed by atoms with Gasteiger partial charge in [-0.1, -0.05) is 0 Å². The topological polar surface area (TPSA) is 53.4 Å². The van der Waals surface area contributed by atoms with Gasteiger partial charge in [0.1, 0.15) is 0 Å². The third kappa shape index (κ3) is 3.98. The highest BCUT2D eigenvalue weighted by molar-refractivity contribution is 5.73. The molecular formula is C17H20F3N5O. The van der Waals surface area contributed by atoms with Crippen molar-refractivity contribution in [2.75, 3.05) is 20.6 Å². The summed E-state index contributed by atoms with van der Waals surface area (Å²) >= 11 is 0. The van der Waals surface area contributed by atoms with Crippen molar-refractivity contribution in [3.63, 3.8) is 0 Å². The minimum absolute atomic E-state index is 0.196. The molecule has 0 aliphatic carbocycles. The Labute approximate surface area is 149 Å². The Morgan fingerprint density at radius 3 is 2.54 bits per heavy atom. The molecular weight excluding hydrogens is 347 g/mol. The van der Waals surface area contributed by atoms with Gasteiger partial charge in [0.05, 0.1) is 24.5 Å². The summed E-state index contributed by atoms with van der Waals surface area (Å²) in [6.07, 6.45) is 0. The maximum absolute atomic E-state index is 13.4. The zero-order valence-electron chi connectivity index (χ0n) is 14.6. The number of hydrogen-bond acceptors (Lipinski definition) is 3. The molecule has 26 heavy (non-hydrogen) atoms. The van der Waals surface area contributed by atoms with Crippen LogP contribution in [0.15, 0.2) is 18.2 Å². The van der Waals surface area contributed by atoms with E-state index in [0.29, 0.717) is 38.3 Å². The van der Waals surface area contributed by atoms with E-state index in [1.54, 1.807) is 14.1 Å². The fourth-order valence-corrected chi connectivity index (χ4v) is 2.88. The molecule has 0 bridgehead atoms. The van der Waals surface area contributed by atoms with Crippen LogP contribution in [0.25, 0.3) is 0 Å². The summed E-state index contributed by atoms with van der Waals surface area (Å²) in [4.78, 5) is 15.0. The minimum atomic E-state index is -1.45. The van der Waals surface area contributed by atoms with Gasteiger partial charge < -0.3 is 10.2 Å². The van der Waals surface area contributed by atoms with E-state index < -0.39 is 17.5 Å². The zero-order chi connectivity index (χ0) is 18.8. The molecule has 0 atom stereocenters. The summed E-state index contributed by atoms with van der Waals surface area (Å²) in [5, 5.41) is 7.21. The molecule has 2 amide bonds. The van der Waals surface area contributed by atoms with Gasteiger partial charge in [-0.25, -0.2) is 18.0 Å². The first-order chi connectivity index (χ1) is 12.3. The molecule has 1 aromatic carbocycles. The second-order valence-electron chi connectivity index (χ2n) is 6.49. The molecule has 3 rings (SSSR count). The molecule has 0 spiro atoms. The Kier molecular flexibility index (Phi) is 5.17. The molecule has 0 fully saturated rings. The Balaban J connectivity index is 1.63. The second-order valence-corrected chi connectivity index (χ2v) is 6.49. The van der Waals surface area contributed by atoms with Gasteiger partial charge in [0.2, 0.25) is 0 Å². The number of halogens is 3. The largest absolute Gasteiger partial charge is 0.332 e. The van der Waals surface area contributed by atoms with Crippen LogP contribution in [0.2, 0.25) is 0 Å². The van der Waals surface area contributed by atoms with Gasteiger partial charge in [-0.3, -0.25) is 9.58 Å². The molecule has 140 valence electrons. The van der Waals surface area contributed by atoms with Crippen LogP contribution < -0.4 is 5.32 Å². The first kappa shape index (κ1) is 18.2. The molecule has 1 aliphatic heterocycles. The highest BCUT2D eigenvalue weighted by Crippen LogP contribution is 2.19. The van der Waals surface area contributed by atoms with Crippen molar-refractivity contribution >= 4 is 6.03 Å². The van der Waals surface area contributed by atoms with Crippen molar-refractivity contribution in [2.24, 2.45) is 0 Å². The Morgan fingerprint density at radius 2 is 1.88 bits per heavy atom. The van der Waals surface area contributed by atoms with E-state index in [1.807, 2.05) is 15.6 Å². The van der Waals surface area contributed by atoms with Crippen LogP contribution in [0, 0.1) is 17.5 Å². The van der Waals surface area contributed by atoms with E-state index in [-0.39, 0.29) is 6.03 Å². The predicted octanol–water partition coefficient (Wildman–Crippen LogP) is 2.09. The Bertz CT molecular complexity index is 798. The standard InChI is InChI=1S/C17H20F3N5O/c1-23(2)17(26)21-8-12-7-13-10-24(3-4-25(13)22-12)9-11-5-14(18)16(20)15(19)6-11/h5-7H,3-4,8-10H2,1-2H3,(H,21,26). The average molecular weight is 367 g/mol. The van der Waals surface area contributed by atoms with Gasteiger partial charge in [0.15, 0.2) is 17.5 Å². The van der Waals surface area contributed by atoms with Gasteiger partial charge >= 0.3 is 6.03 Å². The number of fused-ring (bicyclic) bond motifs is 1. The molecule has 0 radical (unpaired) electrons. The molecule has 6 nitrogen and oxygen atoms in total. The lowest BCUT2D eigenvalue weighted by Crippen LogP contribution is -2.34. The van der Waals surface area contributed by atoms with Crippen LogP contribution in [0.4, 0.5) is 18.0 Å². The monoisotopic (exact) mass is 367 g/mol. The second kappa shape index (κ2) is 7.36. The number of carbonyl (C=O) groups is 1. The highest BCUT2D eigenvalue weighted by Gasteiger charge is 2.20. The number of nitrogens with one attached hydrogen (secondary N) is 1. The highest BCUT2D eigenvalue weighted by atomic mass is 19.2. The molecule has 2 aromatic rings. The van der Waals surface area contributed by atoms with Crippen LogP contribution in [-0.2, 0) is 26.2 Å². The molecule has 1 aromatic heterocycles. The molecule has 2 heterocycles. The van der Waals surface area contributed by atoms with Gasteiger partial charge in [0.25, 0.3) is 0 Å². The normalized spacial score (nSPS) is 14.2. The number of hydrogen-bond donors (Lipinski definition) is 1. The molecule has 0 unspecified atom stereocenters. The summed E-state index contributed by atoms with van der Waals surface area (Å²) in [5.74, 6) is -3.81. The van der Waals surface area contributed by atoms with Crippen molar-refractivity contribution < 1.29 is 18.0 Å². The SMILES string of the molecule is CN(C)C(=O)NCc1cc2n(n1)CCN(Cc1cc(F)c(F)c(F)c1)C2. The fraction of sp³-hybridized carbons (Fsp3) is 0.412. The van der Waals surface area contributed by atoms with Crippen molar-refractivity contribution in [3.8, 4) is 0 Å². The predicted molar refractivity (Wildman–Crippen MR) is 88.6 cm³/mol. The third-order valence-corrected chi connectivity index (χ3v) is 4.20. The van der Waals surface area contributed by atoms with E-state index in [9.17, 15) is 18.0 Å². The van der Waals surface area contributed by atoms with E-state index in [4.69, 9.17) is 0 Å². The van der Waals surface area contributed by atoms with Gasteiger partial charge in [-0.15, -0.1) is 0 Å². The molecule has 0 saturated heterocycles. The first-order valence-electron chi connectivity index (χ1n) is 8.20. The van der Waals surface area contributed by atoms with Crippen LogP contribution >= 0.6 is 0 Å². The van der Waals surface area contributed by atoms with Crippen LogP contribution in [0.5, 0.6) is 0 Å². The number of nitrogens with zero attached hydrogens (tertiary/aromatic N) is 4. The van der Waals surface area contributed by atoms with Gasteiger partial charge in [-0.2, -0.15) is 5.10 Å². The molecule has 1 aliphatic rings. The number of benzene rings is 1. The van der Waals surface area contributed by atoms with Crippen LogP contribution in [0.3, 0.4) is 0 Å². The maximum atomic E-state index is 13.4. The van der Waals surface area contributed by atoms with Gasteiger partial charge in [-0.05, 0) is 23.8 Å². The number of carbonyl (C=O) groups excluding carboxylic acids is 1. The van der Waals surface area contributed by atoms with Crippen molar-refractivity contribution in [1.82, 2.24) is 24.9 Å². The first-order valence-corrected chi connectivity index (χ1v) is 8.20. The number of urea groups is 1. The number of amides is 2. The maximum Gasteiger partial charge on any atom is 0.317 e. The number of aromatic nitrogens is 2. The van der Waals surface area contributed by atoms with E-state index in [1.165, 1.54) is 4.90 Å². The molecule has 9 heteroatoms. The minimum Gasteiger partial charge on any atom is -0.332 e. The fourth-order valence-electron chi connectivity index (χ4n) is 2.88. The van der Waals surface area contributed by atoms with E-state index in [2.05, 4.69) is 10.4 Å².